The Morgan fingerprint density at radius 1 is 0.420 bits per heavy atom. The van der Waals surface area contributed by atoms with Crippen molar-refractivity contribution >= 4 is 103 Å². The molecule has 0 saturated heterocycles. The zero-order chi connectivity index (χ0) is 32.8. The molecule has 0 fully saturated rings. The van der Waals surface area contributed by atoms with Gasteiger partial charge in [0.2, 0.25) is 0 Å². The normalized spacial score (nSPS) is 12.0. The molecule has 8 aromatic carbocycles. The van der Waals surface area contributed by atoms with E-state index in [1.807, 2.05) is 23.5 Å². The average molecular weight is 657 g/mol. The molecule has 0 bridgehead atoms. The second-order valence-corrected chi connectivity index (χ2v) is 14.0. The van der Waals surface area contributed by atoms with Crippen LogP contribution in [-0.2, 0) is 0 Å². The van der Waals surface area contributed by atoms with Gasteiger partial charge in [0.1, 0.15) is 11.2 Å². The van der Waals surface area contributed by atoms with Crippen LogP contribution >= 0.6 is 11.3 Å². The smallest absolute Gasteiger partial charge is 0.137 e. The van der Waals surface area contributed by atoms with Gasteiger partial charge >= 0.3 is 0 Å². The van der Waals surface area contributed by atoms with Gasteiger partial charge in [-0.2, -0.15) is 0 Å². The first-order chi connectivity index (χ1) is 24.8. The van der Waals surface area contributed by atoms with Gasteiger partial charge in [-0.25, -0.2) is 0 Å². The van der Waals surface area contributed by atoms with Gasteiger partial charge in [-0.1, -0.05) is 84.9 Å². The third-order valence-corrected chi connectivity index (χ3v) is 11.3. The molecule has 0 amide bonds. The first kappa shape index (κ1) is 27.6. The molecule has 0 aliphatic heterocycles. The van der Waals surface area contributed by atoms with Crippen LogP contribution in [0, 0.1) is 0 Å². The summed E-state index contributed by atoms with van der Waals surface area (Å²) in [4.78, 5) is 2.37. The van der Waals surface area contributed by atoms with Gasteiger partial charge in [-0.15, -0.1) is 11.3 Å². The number of nitrogens with zero attached hydrogens (tertiary/aromatic N) is 2. The Hall–Kier alpha value is -6.36. The second kappa shape index (κ2) is 10.6. The zero-order valence-electron chi connectivity index (χ0n) is 26.9. The number of furan rings is 1. The van der Waals surface area contributed by atoms with E-state index >= 15 is 0 Å². The molecule has 0 radical (unpaired) electrons. The third kappa shape index (κ3) is 4.03. The minimum absolute atomic E-state index is 0.877. The van der Waals surface area contributed by atoms with E-state index in [2.05, 4.69) is 167 Å². The number of aromatic nitrogens is 1. The number of para-hydroxylation sites is 3. The molecule has 0 saturated carbocycles. The van der Waals surface area contributed by atoms with Crippen molar-refractivity contribution in [3.8, 4) is 5.69 Å². The number of fused-ring (bicyclic) bond motifs is 11. The van der Waals surface area contributed by atoms with E-state index in [0.29, 0.717) is 0 Å². The van der Waals surface area contributed by atoms with Crippen molar-refractivity contribution in [1.29, 1.82) is 0 Å². The summed E-state index contributed by atoms with van der Waals surface area (Å²) in [5.74, 6) is 0. The highest BCUT2D eigenvalue weighted by Crippen LogP contribution is 2.44. The predicted molar refractivity (Wildman–Crippen MR) is 213 cm³/mol. The van der Waals surface area contributed by atoms with Crippen LogP contribution in [0.2, 0.25) is 0 Å². The Labute approximate surface area is 291 Å². The highest BCUT2D eigenvalue weighted by molar-refractivity contribution is 7.26. The highest BCUT2D eigenvalue weighted by Gasteiger charge is 2.20. The van der Waals surface area contributed by atoms with Crippen molar-refractivity contribution in [2.45, 2.75) is 0 Å². The molecule has 3 heterocycles. The molecule has 0 unspecified atom stereocenters. The van der Waals surface area contributed by atoms with Crippen LogP contribution in [0.25, 0.3) is 80.4 Å². The lowest BCUT2D eigenvalue weighted by Gasteiger charge is -2.26. The van der Waals surface area contributed by atoms with E-state index in [1.165, 1.54) is 52.8 Å². The molecule has 4 heteroatoms. The number of hydrogen-bond donors (Lipinski definition) is 0. The average Bonchev–Trinajstić information content (AvgIpc) is 3.84. The summed E-state index contributed by atoms with van der Waals surface area (Å²) >= 11 is 1.86. The lowest BCUT2D eigenvalue weighted by atomic mass is 10.0. The van der Waals surface area contributed by atoms with E-state index in [0.717, 1.165) is 44.7 Å². The summed E-state index contributed by atoms with van der Waals surface area (Å²) in [7, 11) is 0. The number of hydrogen-bond acceptors (Lipinski definition) is 3. The lowest BCUT2D eigenvalue weighted by molar-refractivity contribution is 0.669. The maximum absolute atomic E-state index is 6.42. The molecule has 0 N–H and O–H groups in total. The van der Waals surface area contributed by atoms with Gasteiger partial charge < -0.3 is 13.9 Å². The van der Waals surface area contributed by atoms with Crippen molar-refractivity contribution in [1.82, 2.24) is 4.57 Å². The molecular weight excluding hydrogens is 629 g/mol. The van der Waals surface area contributed by atoms with Crippen molar-refractivity contribution in [3.63, 3.8) is 0 Å². The summed E-state index contributed by atoms with van der Waals surface area (Å²) in [5, 5.41) is 9.84. The van der Waals surface area contributed by atoms with Crippen molar-refractivity contribution in [2.24, 2.45) is 0 Å². The molecule has 3 aromatic heterocycles. The minimum atomic E-state index is 0.877. The fourth-order valence-electron chi connectivity index (χ4n) is 7.94. The van der Waals surface area contributed by atoms with Gasteiger partial charge in [-0.05, 0) is 89.6 Å². The van der Waals surface area contributed by atoms with Gasteiger partial charge in [0.05, 0.1) is 11.0 Å². The Balaban J connectivity index is 1.16. The monoisotopic (exact) mass is 656 g/mol. The largest absolute Gasteiger partial charge is 0.456 e. The van der Waals surface area contributed by atoms with Gasteiger partial charge in [0.15, 0.2) is 0 Å². The summed E-state index contributed by atoms with van der Waals surface area (Å²) < 4.78 is 11.4. The van der Waals surface area contributed by atoms with Crippen LogP contribution in [0.5, 0.6) is 0 Å². The van der Waals surface area contributed by atoms with Crippen molar-refractivity contribution in [2.75, 3.05) is 4.90 Å². The van der Waals surface area contributed by atoms with Crippen LogP contribution in [0.1, 0.15) is 0 Å². The molecule has 50 heavy (non-hydrogen) atoms. The third-order valence-electron chi connectivity index (χ3n) is 10.1. The van der Waals surface area contributed by atoms with E-state index in [9.17, 15) is 0 Å². The van der Waals surface area contributed by atoms with Crippen LogP contribution in [0.3, 0.4) is 0 Å². The molecule has 11 aromatic rings. The summed E-state index contributed by atoms with van der Waals surface area (Å²) in [6.07, 6.45) is 0. The minimum Gasteiger partial charge on any atom is -0.456 e. The predicted octanol–water partition coefficient (Wildman–Crippen LogP) is 13.7. The van der Waals surface area contributed by atoms with Crippen LogP contribution in [0.4, 0.5) is 17.1 Å². The zero-order valence-corrected chi connectivity index (χ0v) is 27.7. The first-order valence-electron chi connectivity index (χ1n) is 16.9. The number of benzene rings is 8. The number of thiophene rings is 1. The standard InChI is InChI=1S/C46H28N2OS/c1-2-10-30(11-3-1)48-40-15-7-4-12-35(40)39-27-32(21-24-41(39)48)47(33-20-23-37-36-13-5-8-16-42(36)49-43(37)28-33)31-19-22-34-29(26-31)18-25-45-46(34)38-14-6-9-17-44(38)50-45/h1-28H. The van der Waals surface area contributed by atoms with E-state index in [1.54, 1.807) is 0 Å². The molecule has 0 aliphatic carbocycles. The maximum Gasteiger partial charge on any atom is 0.137 e. The van der Waals surface area contributed by atoms with Crippen LogP contribution < -0.4 is 4.90 Å². The van der Waals surface area contributed by atoms with E-state index in [-0.39, 0.29) is 0 Å². The quantitative estimate of drug-likeness (QED) is 0.188. The topological polar surface area (TPSA) is 21.3 Å². The second-order valence-electron chi connectivity index (χ2n) is 12.9. The Kier molecular flexibility index (Phi) is 5.83. The molecule has 0 atom stereocenters. The fraction of sp³-hybridized carbons (Fsp3) is 0. The van der Waals surface area contributed by atoms with Crippen LogP contribution in [-0.4, -0.2) is 4.57 Å². The molecule has 11 rings (SSSR count). The molecule has 3 nitrogen and oxygen atoms in total. The Morgan fingerprint density at radius 3 is 1.98 bits per heavy atom. The van der Waals surface area contributed by atoms with Gasteiger partial charge in [0.25, 0.3) is 0 Å². The highest BCUT2D eigenvalue weighted by atomic mass is 32.1. The maximum atomic E-state index is 6.42. The van der Waals surface area contributed by atoms with Crippen molar-refractivity contribution in [3.05, 3.63) is 170 Å². The molecule has 0 aliphatic rings. The molecular formula is C46H28N2OS. The summed E-state index contributed by atoms with van der Waals surface area (Å²) in [6, 6.07) is 61.3. The lowest BCUT2D eigenvalue weighted by Crippen LogP contribution is -2.10. The van der Waals surface area contributed by atoms with Crippen LogP contribution in [0.15, 0.2) is 174 Å². The SMILES string of the molecule is c1ccc(-n2c3ccccc3c3cc(N(c4ccc5c(ccc6sc7ccccc7c65)c4)c4ccc5c(c4)oc4ccccc45)ccc32)cc1. The Bertz CT molecular complexity index is 3110. The Morgan fingerprint density at radius 2 is 1.08 bits per heavy atom. The molecule has 234 valence electrons. The first-order valence-corrected chi connectivity index (χ1v) is 17.7. The number of rotatable bonds is 4. The van der Waals surface area contributed by atoms with Gasteiger partial charge in [-0.3, -0.25) is 0 Å². The van der Waals surface area contributed by atoms with Gasteiger partial charge in [0, 0.05) is 70.5 Å². The number of anilines is 3. The van der Waals surface area contributed by atoms with E-state index in [4.69, 9.17) is 4.42 Å². The summed E-state index contributed by atoms with van der Waals surface area (Å²) in [5.41, 5.74) is 8.53. The summed E-state index contributed by atoms with van der Waals surface area (Å²) in [6.45, 7) is 0. The van der Waals surface area contributed by atoms with E-state index < -0.39 is 0 Å². The van der Waals surface area contributed by atoms with Crippen molar-refractivity contribution < 1.29 is 4.42 Å². The molecule has 0 spiro atoms. The fourth-order valence-corrected chi connectivity index (χ4v) is 9.06.